The van der Waals surface area contributed by atoms with E-state index in [1.54, 1.807) is 7.11 Å². The third-order valence-electron chi connectivity index (χ3n) is 4.65. The molecule has 1 saturated carbocycles. The zero-order valence-electron chi connectivity index (χ0n) is 18.0. The van der Waals surface area contributed by atoms with Crippen molar-refractivity contribution in [2.75, 3.05) is 26.7 Å². The molecule has 0 radical (unpaired) electrons. The highest BCUT2D eigenvalue weighted by molar-refractivity contribution is 14.0. The second kappa shape index (κ2) is 13.0. The van der Waals surface area contributed by atoms with Gasteiger partial charge in [-0.05, 0) is 49.6 Å². The average molecular weight is 538 g/mol. The van der Waals surface area contributed by atoms with Gasteiger partial charge in [-0.25, -0.2) is 4.99 Å². The molecule has 0 spiro atoms. The minimum absolute atomic E-state index is 0. The Kier molecular flexibility index (Phi) is 10.4. The number of hydrogen-bond donors (Lipinski definition) is 3. The lowest BCUT2D eigenvalue weighted by atomic mass is 10.2. The number of benzene rings is 2. The highest BCUT2D eigenvalue weighted by Gasteiger charge is 2.28. The first-order chi connectivity index (χ1) is 14.7. The van der Waals surface area contributed by atoms with Gasteiger partial charge in [0.05, 0.1) is 13.7 Å². The van der Waals surface area contributed by atoms with E-state index in [0.29, 0.717) is 31.1 Å². The van der Waals surface area contributed by atoms with Crippen LogP contribution in [0.5, 0.6) is 17.2 Å². The number of halogens is 1. The smallest absolute Gasteiger partial charge is 0.223 e. The van der Waals surface area contributed by atoms with Crippen molar-refractivity contribution < 1.29 is 14.3 Å². The Labute approximate surface area is 201 Å². The van der Waals surface area contributed by atoms with E-state index >= 15 is 0 Å². The fraction of sp³-hybridized carbons (Fsp3) is 0.391. The molecule has 0 saturated heterocycles. The van der Waals surface area contributed by atoms with Crippen molar-refractivity contribution in [3.63, 3.8) is 0 Å². The molecule has 31 heavy (non-hydrogen) atoms. The molecule has 3 N–H and O–H groups in total. The SMILES string of the molecule is CCNC(=NCc1ccc(Oc2ccccc2OC)cc1)NCCNC(=O)C1CC1.I. The third-order valence-corrected chi connectivity index (χ3v) is 4.65. The van der Waals surface area contributed by atoms with Gasteiger partial charge in [0.25, 0.3) is 0 Å². The average Bonchev–Trinajstić information content (AvgIpc) is 3.62. The molecule has 0 aliphatic heterocycles. The first-order valence-corrected chi connectivity index (χ1v) is 10.4. The lowest BCUT2D eigenvalue weighted by Gasteiger charge is -2.12. The van der Waals surface area contributed by atoms with Crippen LogP contribution in [0.2, 0.25) is 0 Å². The summed E-state index contributed by atoms with van der Waals surface area (Å²) in [5, 5.41) is 9.41. The molecule has 7 nitrogen and oxygen atoms in total. The Morgan fingerprint density at radius 2 is 1.68 bits per heavy atom. The molecule has 0 aromatic heterocycles. The van der Waals surface area contributed by atoms with Gasteiger partial charge in [-0.1, -0.05) is 24.3 Å². The van der Waals surface area contributed by atoms with Crippen molar-refractivity contribution in [2.24, 2.45) is 10.9 Å². The van der Waals surface area contributed by atoms with Gasteiger partial charge in [0, 0.05) is 25.6 Å². The topological polar surface area (TPSA) is 84.0 Å². The maximum absolute atomic E-state index is 11.7. The molecule has 0 bridgehead atoms. The highest BCUT2D eigenvalue weighted by Crippen LogP contribution is 2.31. The van der Waals surface area contributed by atoms with Crippen LogP contribution in [0.25, 0.3) is 0 Å². The van der Waals surface area contributed by atoms with E-state index in [4.69, 9.17) is 9.47 Å². The number of para-hydroxylation sites is 2. The summed E-state index contributed by atoms with van der Waals surface area (Å²) < 4.78 is 11.2. The molecular weight excluding hydrogens is 507 g/mol. The molecular formula is C23H31IN4O3. The van der Waals surface area contributed by atoms with E-state index in [2.05, 4.69) is 20.9 Å². The Morgan fingerprint density at radius 1 is 1.00 bits per heavy atom. The molecule has 1 amide bonds. The Hall–Kier alpha value is -2.49. The summed E-state index contributed by atoms with van der Waals surface area (Å²) in [6, 6.07) is 15.4. The van der Waals surface area contributed by atoms with E-state index in [0.717, 1.165) is 36.7 Å². The van der Waals surface area contributed by atoms with Crippen LogP contribution in [-0.2, 0) is 11.3 Å². The van der Waals surface area contributed by atoms with Crippen molar-refractivity contribution in [3.8, 4) is 17.2 Å². The van der Waals surface area contributed by atoms with Gasteiger partial charge in [0.2, 0.25) is 5.91 Å². The van der Waals surface area contributed by atoms with Crippen LogP contribution in [0.1, 0.15) is 25.3 Å². The minimum atomic E-state index is 0. The molecule has 2 aromatic rings. The van der Waals surface area contributed by atoms with Crippen molar-refractivity contribution >= 4 is 35.8 Å². The predicted octanol–water partition coefficient (Wildman–Crippen LogP) is 3.69. The van der Waals surface area contributed by atoms with Crippen molar-refractivity contribution in [2.45, 2.75) is 26.3 Å². The van der Waals surface area contributed by atoms with Gasteiger partial charge in [-0.2, -0.15) is 0 Å². The molecule has 0 heterocycles. The van der Waals surface area contributed by atoms with Crippen LogP contribution in [0.4, 0.5) is 0 Å². The van der Waals surface area contributed by atoms with Crippen LogP contribution < -0.4 is 25.4 Å². The highest BCUT2D eigenvalue weighted by atomic mass is 127. The van der Waals surface area contributed by atoms with Gasteiger partial charge in [-0.3, -0.25) is 4.79 Å². The van der Waals surface area contributed by atoms with Crippen LogP contribution in [0, 0.1) is 5.92 Å². The van der Waals surface area contributed by atoms with E-state index in [1.165, 1.54) is 0 Å². The van der Waals surface area contributed by atoms with Crippen LogP contribution in [-0.4, -0.2) is 38.6 Å². The summed E-state index contributed by atoms with van der Waals surface area (Å²) in [5.41, 5.74) is 1.07. The normalized spacial score (nSPS) is 13.0. The van der Waals surface area contributed by atoms with E-state index < -0.39 is 0 Å². The number of guanidine groups is 1. The van der Waals surface area contributed by atoms with Crippen LogP contribution in [0.15, 0.2) is 53.5 Å². The van der Waals surface area contributed by atoms with Gasteiger partial charge in [0.1, 0.15) is 5.75 Å². The number of nitrogens with zero attached hydrogens (tertiary/aromatic N) is 1. The zero-order chi connectivity index (χ0) is 21.2. The number of hydrogen-bond acceptors (Lipinski definition) is 4. The Bertz CT molecular complexity index is 854. The maximum atomic E-state index is 11.7. The fourth-order valence-corrected chi connectivity index (χ4v) is 2.86. The van der Waals surface area contributed by atoms with Crippen molar-refractivity contribution in [1.82, 2.24) is 16.0 Å². The summed E-state index contributed by atoms with van der Waals surface area (Å²) in [6.45, 7) is 4.56. The quantitative estimate of drug-likeness (QED) is 0.186. The molecule has 1 aliphatic rings. The first kappa shape index (κ1) is 24.8. The summed E-state index contributed by atoms with van der Waals surface area (Å²) >= 11 is 0. The van der Waals surface area contributed by atoms with Crippen LogP contribution in [0.3, 0.4) is 0 Å². The number of amides is 1. The predicted molar refractivity (Wildman–Crippen MR) is 133 cm³/mol. The van der Waals surface area contributed by atoms with Gasteiger partial charge >= 0.3 is 0 Å². The molecule has 0 unspecified atom stereocenters. The molecule has 2 aromatic carbocycles. The molecule has 8 heteroatoms. The van der Waals surface area contributed by atoms with Gasteiger partial charge < -0.3 is 25.4 Å². The summed E-state index contributed by atoms with van der Waals surface area (Å²) in [4.78, 5) is 16.3. The van der Waals surface area contributed by atoms with Crippen molar-refractivity contribution in [1.29, 1.82) is 0 Å². The van der Waals surface area contributed by atoms with E-state index in [-0.39, 0.29) is 35.8 Å². The number of carbonyl (C=O) groups is 1. The summed E-state index contributed by atoms with van der Waals surface area (Å²) in [6.07, 6.45) is 2.04. The number of rotatable bonds is 10. The summed E-state index contributed by atoms with van der Waals surface area (Å²) in [7, 11) is 1.63. The van der Waals surface area contributed by atoms with E-state index in [1.807, 2.05) is 55.5 Å². The zero-order valence-corrected chi connectivity index (χ0v) is 20.3. The lowest BCUT2D eigenvalue weighted by molar-refractivity contribution is -0.122. The molecule has 1 aliphatic carbocycles. The Balaban J connectivity index is 0.00000341. The largest absolute Gasteiger partial charge is 0.493 e. The molecule has 0 atom stereocenters. The summed E-state index contributed by atoms with van der Waals surface area (Å²) in [5.74, 6) is 3.24. The Morgan fingerprint density at radius 3 is 2.32 bits per heavy atom. The first-order valence-electron chi connectivity index (χ1n) is 10.4. The maximum Gasteiger partial charge on any atom is 0.223 e. The standard InChI is InChI=1S/C23H30N4O3.HI/c1-3-24-23(26-15-14-25-22(28)18-10-11-18)27-16-17-8-12-19(13-9-17)30-21-7-5-4-6-20(21)29-2;/h4-9,12-13,18H,3,10-11,14-16H2,1-2H3,(H,25,28)(H2,24,26,27);1H. The molecule has 168 valence electrons. The second-order valence-corrected chi connectivity index (χ2v) is 7.08. The van der Waals surface area contributed by atoms with Gasteiger partial charge in [-0.15, -0.1) is 24.0 Å². The number of carbonyl (C=O) groups excluding carboxylic acids is 1. The number of ether oxygens (including phenoxy) is 2. The number of nitrogens with one attached hydrogen (secondary N) is 3. The van der Waals surface area contributed by atoms with Crippen molar-refractivity contribution in [3.05, 3.63) is 54.1 Å². The minimum Gasteiger partial charge on any atom is -0.493 e. The van der Waals surface area contributed by atoms with Gasteiger partial charge in [0.15, 0.2) is 17.5 Å². The molecule has 1 fully saturated rings. The fourth-order valence-electron chi connectivity index (χ4n) is 2.86. The monoisotopic (exact) mass is 538 g/mol. The van der Waals surface area contributed by atoms with Crippen LogP contribution >= 0.6 is 24.0 Å². The number of methoxy groups -OCH3 is 1. The van der Waals surface area contributed by atoms with E-state index in [9.17, 15) is 4.79 Å². The third kappa shape index (κ3) is 8.28. The number of aliphatic imine (C=N–C) groups is 1. The lowest BCUT2D eigenvalue weighted by Crippen LogP contribution is -2.41. The second-order valence-electron chi connectivity index (χ2n) is 7.08. The molecule has 3 rings (SSSR count).